The zero-order chi connectivity index (χ0) is 18.9. The quantitative estimate of drug-likeness (QED) is 0.618. The maximum absolute atomic E-state index is 13.1. The molecule has 1 heterocycles. The van der Waals surface area contributed by atoms with Gasteiger partial charge in [0.05, 0.1) is 0 Å². The third kappa shape index (κ3) is 3.99. The van der Waals surface area contributed by atoms with E-state index in [0.29, 0.717) is 4.80 Å². The van der Waals surface area contributed by atoms with Crippen molar-refractivity contribution in [2.75, 3.05) is 0 Å². The van der Waals surface area contributed by atoms with E-state index in [1.807, 2.05) is 62.7 Å². The molecule has 0 aliphatic heterocycles. The summed E-state index contributed by atoms with van der Waals surface area (Å²) in [7, 11) is 0. The molecule has 1 amide bonds. The van der Waals surface area contributed by atoms with Crippen molar-refractivity contribution in [2.24, 2.45) is 10.4 Å². The van der Waals surface area contributed by atoms with Gasteiger partial charge < -0.3 is 0 Å². The van der Waals surface area contributed by atoms with E-state index < -0.39 is 5.41 Å². The van der Waals surface area contributed by atoms with Gasteiger partial charge in [0.15, 0.2) is 4.80 Å². The van der Waals surface area contributed by atoms with Gasteiger partial charge >= 0.3 is 0 Å². The number of benzene rings is 2. The first kappa shape index (κ1) is 18.3. The molecule has 0 aliphatic carbocycles. The van der Waals surface area contributed by atoms with Crippen LogP contribution in [0.5, 0.6) is 0 Å². The van der Waals surface area contributed by atoms with Crippen LogP contribution in [0.25, 0.3) is 16.8 Å². The van der Waals surface area contributed by atoms with Crippen LogP contribution in [-0.4, -0.2) is 10.5 Å². The van der Waals surface area contributed by atoms with Crippen LogP contribution in [-0.2, 0) is 4.79 Å². The molecule has 0 bridgehead atoms. The van der Waals surface area contributed by atoms with Crippen LogP contribution in [0.3, 0.4) is 0 Å². The molecule has 3 nitrogen and oxygen atoms in total. The maximum Gasteiger partial charge on any atom is 0.253 e. The summed E-state index contributed by atoms with van der Waals surface area (Å²) in [5.41, 5.74) is 2.38. The molecule has 0 saturated carbocycles. The van der Waals surface area contributed by atoms with Crippen LogP contribution in [0.4, 0.5) is 4.39 Å². The van der Waals surface area contributed by atoms with Crippen molar-refractivity contribution >= 4 is 17.2 Å². The van der Waals surface area contributed by atoms with E-state index in [1.165, 1.54) is 23.5 Å². The maximum atomic E-state index is 13.1. The smallest absolute Gasteiger partial charge is 0.253 e. The molecule has 1 aromatic heterocycles. The number of aryl methyl sites for hydroxylation is 1. The number of carbonyl (C=O) groups is 1. The van der Waals surface area contributed by atoms with E-state index in [4.69, 9.17) is 0 Å². The summed E-state index contributed by atoms with van der Waals surface area (Å²) in [6.45, 7) is 7.58. The lowest BCUT2D eigenvalue weighted by atomic mass is 9.96. The van der Waals surface area contributed by atoms with E-state index in [0.717, 1.165) is 21.7 Å². The van der Waals surface area contributed by atoms with E-state index in [2.05, 4.69) is 4.99 Å². The minimum atomic E-state index is -0.512. The number of rotatable bonds is 2. The minimum Gasteiger partial charge on any atom is -0.292 e. The highest BCUT2D eigenvalue weighted by atomic mass is 32.1. The Morgan fingerprint density at radius 2 is 1.54 bits per heavy atom. The largest absolute Gasteiger partial charge is 0.292 e. The first-order valence-corrected chi connectivity index (χ1v) is 9.20. The molecule has 3 rings (SSSR count). The molecule has 0 fully saturated rings. The number of halogens is 1. The van der Waals surface area contributed by atoms with Gasteiger partial charge in [-0.15, -0.1) is 11.3 Å². The predicted octanol–water partition coefficient (Wildman–Crippen LogP) is 5.13. The summed E-state index contributed by atoms with van der Waals surface area (Å²) in [4.78, 5) is 18.3. The molecule has 0 N–H and O–H groups in total. The highest BCUT2D eigenvalue weighted by Crippen LogP contribution is 2.22. The highest BCUT2D eigenvalue weighted by Gasteiger charge is 2.21. The van der Waals surface area contributed by atoms with E-state index in [-0.39, 0.29) is 11.7 Å². The number of hydrogen-bond donors (Lipinski definition) is 0. The van der Waals surface area contributed by atoms with Crippen LogP contribution in [0.15, 0.2) is 59.7 Å². The van der Waals surface area contributed by atoms with Crippen molar-refractivity contribution in [1.82, 2.24) is 4.57 Å². The van der Waals surface area contributed by atoms with Crippen LogP contribution in [0, 0.1) is 18.2 Å². The third-order valence-corrected chi connectivity index (χ3v) is 4.83. The Kier molecular flexibility index (Phi) is 4.92. The lowest BCUT2D eigenvalue weighted by Crippen LogP contribution is -2.22. The van der Waals surface area contributed by atoms with Gasteiger partial charge in [-0.05, 0) is 42.3 Å². The summed E-state index contributed by atoms with van der Waals surface area (Å²) < 4.78 is 15.0. The van der Waals surface area contributed by atoms with Crippen molar-refractivity contribution in [3.63, 3.8) is 0 Å². The van der Waals surface area contributed by atoms with Crippen molar-refractivity contribution in [1.29, 1.82) is 0 Å². The van der Waals surface area contributed by atoms with E-state index >= 15 is 0 Å². The lowest BCUT2D eigenvalue weighted by Gasteiger charge is -2.12. The standard InChI is InChI=1S/C21H21FN2OS/c1-14-13-24(20(26-14)23-19(25)21(2,3)4)18-11-7-16(8-12-18)15-5-9-17(22)10-6-15/h5-13H,1-4H3. The normalized spacial score (nSPS) is 12.4. The van der Waals surface area contributed by atoms with Crippen molar-refractivity contribution < 1.29 is 9.18 Å². The molecule has 134 valence electrons. The Morgan fingerprint density at radius 1 is 1.00 bits per heavy atom. The van der Waals surface area contributed by atoms with Crippen LogP contribution < -0.4 is 4.80 Å². The zero-order valence-corrected chi connectivity index (χ0v) is 16.1. The van der Waals surface area contributed by atoms with Gasteiger partial charge in [-0.3, -0.25) is 9.36 Å². The first-order chi connectivity index (χ1) is 12.2. The number of carbonyl (C=O) groups excluding carboxylic acids is 1. The van der Waals surface area contributed by atoms with E-state index in [9.17, 15) is 9.18 Å². The molecule has 2 aromatic carbocycles. The number of hydrogen-bond acceptors (Lipinski definition) is 2. The van der Waals surface area contributed by atoms with Crippen molar-refractivity contribution in [3.05, 3.63) is 70.2 Å². The SMILES string of the molecule is Cc1cn(-c2ccc(-c3ccc(F)cc3)cc2)c(=NC(=O)C(C)(C)C)s1. The molecule has 0 atom stereocenters. The summed E-state index contributed by atoms with van der Waals surface area (Å²) in [6.07, 6.45) is 1.98. The second-order valence-corrected chi connectivity index (χ2v) is 8.43. The summed E-state index contributed by atoms with van der Waals surface area (Å²) in [5, 5.41) is 0. The molecule has 3 aromatic rings. The molecule has 26 heavy (non-hydrogen) atoms. The molecule has 0 spiro atoms. The second-order valence-electron chi connectivity index (χ2n) is 7.22. The fourth-order valence-electron chi connectivity index (χ4n) is 2.43. The van der Waals surface area contributed by atoms with Gasteiger partial charge in [-0.25, -0.2) is 4.39 Å². The molecular formula is C21H21FN2OS. The molecule has 0 radical (unpaired) electrons. The summed E-state index contributed by atoms with van der Waals surface area (Å²) in [6, 6.07) is 14.3. The number of thiazole rings is 1. The highest BCUT2D eigenvalue weighted by molar-refractivity contribution is 7.09. The average molecular weight is 368 g/mol. The Morgan fingerprint density at radius 3 is 2.08 bits per heavy atom. The van der Waals surface area contributed by atoms with Gasteiger partial charge in [0.25, 0.3) is 5.91 Å². The molecular weight excluding hydrogens is 347 g/mol. The molecule has 5 heteroatoms. The molecule has 0 saturated heterocycles. The minimum absolute atomic E-state index is 0.143. The third-order valence-electron chi connectivity index (χ3n) is 3.93. The average Bonchev–Trinajstić information content (AvgIpc) is 2.95. The fourth-order valence-corrected chi connectivity index (χ4v) is 3.26. The zero-order valence-electron chi connectivity index (χ0n) is 15.3. The van der Waals surface area contributed by atoms with Gasteiger partial charge in [0.1, 0.15) is 5.82 Å². The van der Waals surface area contributed by atoms with Gasteiger partial charge in [-0.2, -0.15) is 4.99 Å². The van der Waals surface area contributed by atoms with Crippen molar-refractivity contribution in [2.45, 2.75) is 27.7 Å². The Bertz CT molecular complexity index is 990. The topological polar surface area (TPSA) is 34.4 Å². The Hall–Kier alpha value is -2.53. The van der Waals surface area contributed by atoms with Crippen LogP contribution in [0.1, 0.15) is 25.6 Å². The molecule has 0 unspecified atom stereocenters. The number of aromatic nitrogens is 1. The molecule has 0 aliphatic rings. The lowest BCUT2D eigenvalue weighted by molar-refractivity contribution is -0.125. The van der Waals surface area contributed by atoms with Crippen LogP contribution >= 0.6 is 11.3 Å². The fraction of sp³-hybridized carbons (Fsp3) is 0.238. The Labute approximate surface area is 156 Å². The number of nitrogens with zero attached hydrogens (tertiary/aromatic N) is 2. The van der Waals surface area contributed by atoms with Gasteiger partial charge in [-0.1, -0.05) is 45.0 Å². The second kappa shape index (κ2) is 7.00. The van der Waals surface area contributed by atoms with Gasteiger partial charge in [0, 0.05) is 22.2 Å². The monoisotopic (exact) mass is 368 g/mol. The predicted molar refractivity (Wildman–Crippen MR) is 104 cm³/mol. The van der Waals surface area contributed by atoms with Crippen molar-refractivity contribution in [3.8, 4) is 16.8 Å². The number of amides is 1. The summed E-state index contributed by atoms with van der Waals surface area (Å²) in [5.74, 6) is -0.388. The first-order valence-electron chi connectivity index (χ1n) is 8.39. The Balaban J connectivity index is 1.99. The van der Waals surface area contributed by atoms with Gasteiger partial charge in [0.2, 0.25) is 0 Å². The van der Waals surface area contributed by atoms with E-state index in [1.54, 1.807) is 12.1 Å². The summed E-state index contributed by atoms with van der Waals surface area (Å²) >= 11 is 1.49. The van der Waals surface area contributed by atoms with Crippen LogP contribution in [0.2, 0.25) is 0 Å².